The van der Waals surface area contributed by atoms with Gasteiger partial charge >= 0.3 is 0 Å². The van der Waals surface area contributed by atoms with Crippen LogP contribution in [0, 0.1) is 5.92 Å². The molecule has 0 radical (unpaired) electrons. The molecular weight excluding hydrogens is 310 g/mol. The predicted octanol–water partition coefficient (Wildman–Crippen LogP) is 1.47. The van der Waals surface area contributed by atoms with Gasteiger partial charge in [-0.2, -0.15) is 0 Å². The van der Waals surface area contributed by atoms with Crippen LogP contribution >= 0.6 is 0 Å². The van der Waals surface area contributed by atoms with Crippen LogP contribution in [-0.4, -0.2) is 51.1 Å². The Kier molecular flexibility index (Phi) is 5.66. The van der Waals surface area contributed by atoms with E-state index in [2.05, 4.69) is 5.32 Å². The van der Waals surface area contributed by atoms with Gasteiger partial charge in [0.1, 0.15) is 0 Å². The number of anilines is 1. The van der Waals surface area contributed by atoms with Gasteiger partial charge in [-0.1, -0.05) is 0 Å². The summed E-state index contributed by atoms with van der Waals surface area (Å²) < 4.78 is 10.5. The van der Waals surface area contributed by atoms with Crippen molar-refractivity contribution in [2.24, 2.45) is 11.7 Å². The molecule has 0 saturated heterocycles. The number of carbonyl (C=O) groups excluding carboxylic acids is 2. The van der Waals surface area contributed by atoms with Gasteiger partial charge in [-0.25, -0.2) is 0 Å². The second-order valence-corrected chi connectivity index (χ2v) is 6.21. The number of benzene rings is 1. The zero-order chi connectivity index (χ0) is 17.9. The number of nitrogens with one attached hydrogen (secondary N) is 1. The summed E-state index contributed by atoms with van der Waals surface area (Å²) in [7, 11) is 6.31. The Labute approximate surface area is 142 Å². The van der Waals surface area contributed by atoms with E-state index >= 15 is 0 Å². The number of nitrogens with two attached hydrogens (primary N) is 1. The Morgan fingerprint density at radius 1 is 1.17 bits per heavy atom. The summed E-state index contributed by atoms with van der Waals surface area (Å²) in [6.07, 6.45) is 2.26. The number of hydrogen-bond donors (Lipinski definition) is 2. The normalized spacial score (nSPS) is 19.7. The highest BCUT2D eigenvalue weighted by atomic mass is 16.5. The van der Waals surface area contributed by atoms with Crippen molar-refractivity contribution in [3.05, 3.63) is 17.7 Å². The third kappa shape index (κ3) is 3.79. The highest BCUT2D eigenvalue weighted by Crippen LogP contribution is 2.35. The van der Waals surface area contributed by atoms with Crippen molar-refractivity contribution in [2.75, 3.05) is 33.6 Å². The molecule has 7 heteroatoms. The van der Waals surface area contributed by atoms with Gasteiger partial charge in [-0.05, 0) is 25.3 Å². The van der Waals surface area contributed by atoms with E-state index in [1.807, 2.05) is 0 Å². The van der Waals surface area contributed by atoms with Crippen LogP contribution in [0.2, 0.25) is 0 Å². The maximum atomic E-state index is 12.5. The first kappa shape index (κ1) is 18.1. The summed E-state index contributed by atoms with van der Waals surface area (Å²) in [6.45, 7) is 0. The molecule has 1 aliphatic carbocycles. The van der Waals surface area contributed by atoms with E-state index in [1.165, 1.54) is 19.1 Å². The first-order valence-corrected chi connectivity index (χ1v) is 7.91. The van der Waals surface area contributed by atoms with Gasteiger partial charge in [0.15, 0.2) is 11.5 Å². The molecule has 1 aliphatic rings. The number of ether oxygens (including phenoxy) is 2. The quantitative estimate of drug-likeness (QED) is 0.850. The lowest BCUT2D eigenvalue weighted by atomic mass is 10.1. The molecule has 1 fully saturated rings. The van der Waals surface area contributed by atoms with Crippen molar-refractivity contribution in [1.82, 2.24) is 4.90 Å². The fourth-order valence-corrected chi connectivity index (χ4v) is 2.89. The summed E-state index contributed by atoms with van der Waals surface area (Å²) in [5.41, 5.74) is 6.65. The van der Waals surface area contributed by atoms with Crippen molar-refractivity contribution in [1.29, 1.82) is 0 Å². The SMILES string of the molecule is COc1cc(NC(=O)C2CCC(N)C2)c(C(=O)N(C)C)cc1OC. The van der Waals surface area contributed by atoms with Crippen LogP contribution in [0.25, 0.3) is 0 Å². The Bertz CT molecular complexity index is 631. The molecule has 1 saturated carbocycles. The Morgan fingerprint density at radius 2 is 1.79 bits per heavy atom. The van der Waals surface area contributed by atoms with Gasteiger partial charge in [0, 0.05) is 32.1 Å². The second kappa shape index (κ2) is 7.53. The molecule has 2 amide bonds. The first-order valence-electron chi connectivity index (χ1n) is 7.91. The maximum absolute atomic E-state index is 12.5. The summed E-state index contributed by atoms with van der Waals surface area (Å²) >= 11 is 0. The van der Waals surface area contributed by atoms with Gasteiger partial charge in [-0.3, -0.25) is 9.59 Å². The Hall–Kier alpha value is -2.28. The standard InChI is InChI=1S/C17H25N3O4/c1-20(2)17(22)12-8-14(23-3)15(24-4)9-13(12)19-16(21)10-5-6-11(18)7-10/h8-11H,5-7,18H2,1-4H3,(H,19,21). The molecule has 7 nitrogen and oxygen atoms in total. The van der Waals surface area contributed by atoms with Crippen LogP contribution in [0.3, 0.4) is 0 Å². The minimum atomic E-state index is -0.227. The van der Waals surface area contributed by atoms with Gasteiger partial charge in [0.2, 0.25) is 5.91 Å². The van der Waals surface area contributed by atoms with Crippen LogP contribution in [-0.2, 0) is 4.79 Å². The second-order valence-electron chi connectivity index (χ2n) is 6.21. The molecule has 2 unspecified atom stereocenters. The van der Waals surface area contributed by atoms with E-state index in [-0.39, 0.29) is 23.8 Å². The number of carbonyl (C=O) groups is 2. The van der Waals surface area contributed by atoms with Crippen molar-refractivity contribution >= 4 is 17.5 Å². The smallest absolute Gasteiger partial charge is 0.255 e. The van der Waals surface area contributed by atoms with Crippen molar-refractivity contribution in [2.45, 2.75) is 25.3 Å². The maximum Gasteiger partial charge on any atom is 0.255 e. The number of amides is 2. The van der Waals surface area contributed by atoms with Crippen molar-refractivity contribution in [3.8, 4) is 11.5 Å². The number of rotatable bonds is 5. The fourth-order valence-electron chi connectivity index (χ4n) is 2.89. The summed E-state index contributed by atoms with van der Waals surface area (Å²) in [6, 6.07) is 3.26. The average Bonchev–Trinajstić information content (AvgIpc) is 3.00. The minimum absolute atomic E-state index is 0.0639. The van der Waals surface area contributed by atoms with E-state index < -0.39 is 0 Å². The van der Waals surface area contributed by atoms with Gasteiger partial charge in [-0.15, -0.1) is 0 Å². The Morgan fingerprint density at radius 3 is 2.29 bits per heavy atom. The lowest BCUT2D eigenvalue weighted by Gasteiger charge is -2.19. The van der Waals surface area contributed by atoms with Crippen molar-refractivity contribution in [3.63, 3.8) is 0 Å². The number of methoxy groups -OCH3 is 2. The Balaban J connectivity index is 2.35. The zero-order valence-corrected chi connectivity index (χ0v) is 14.6. The third-order valence-electron chi connectivity index (χ3n) is 4.26. The largest absolute Gasteiger partial charge is 0.493 e. The van der Waals surface area contributed by atoms with E-state index in [0.29, 0.717) is 29.2 Å². The highest BCUT2D eigenvalue weighted by Gasteiger charge is 2.29. The zero-order valence-electron chi connectivity index (χ0n) is 14.6. The molecule has 0 spiro atoms. The number of hydrogen-bond acceptors (Lipinski definition) is 5. The molecule has 1 aromatic carbocycles. The van der Waals surface area contributed by atoms with Crippen molar-refractivity contribution < 1.29 is 19.1 Å². The molecule has 0 heterocycles. The van der Waals surface area contributed by atoms with Crippen LogP contribution < -0.4 is 20.5 Å². The van der Waals surface area contributed by atoms with E-state index in [4.69, 9.17) is 15.2 Å². The first-order chi connectivity index (χ1) is 11.4. The molecule has 1 aromatic rings. The molecule has 3 N–H and O–H groups in total. The van der Waals surface area contributed by atoms with Crippen LogP contribution in [0.5, 0.6) is 11.5 Å². The van der Waals surface area contributed by atoms with Gasteiger partial charge in [0.25, 0.3) is 5.91 Å². The number of nitrogens with zero attached hydrogens (tertiary/aromatic N) is 1. The fraction of sp³-hybridized carbons (Fsp3) is 0.529. The molecular formula is C17H25N3O4. The monoisotopic (exact) mass is 335 g/mol. The molecule has 2 rings (SSSR count). The molecule has 0 bridgehead atoms. The van der Waals surface area contributed by atoms with E-state index in [0.717, 1.165) is 12.8 Å². The predicted molar refractivity (Wildman–Crippen MR) is 91.5 cm³/mol. The molecule has 24 heavy (non-hydrogen) atoms. The topological polar surface area (TPSA) is 93.9 Å². The van der Waals surface area contributed by atoms with Gasteiger partial charge in [0.05, 0.1) is 25.5 Å². The summed E-state index contributed by atoms with van der Waals surface area (Å²) in [5.74, 6) is 0.405. The van der Waals surface area contributed by atoms with Gasteiger partial charge < -0.3 is 25.4 Å². The molecule has 0 aliphatic heterocycles. The van der Waals surface area contributed by atoms with Crippen LogP contribution in [0.1, 0.15) is 29.6 Å². The molecule has 0 aromatic heterocycles. The lowest BCUT2D eigenvalue weighted by molar-refractivity contribution is -0.119. The molecule has 132 valence electrons. The lowest BCUT2D eigenvalue weighted by Crippen LogP contribution is -2.27. The summed E-state index contributed by atoms with van der Waals surface area (Å²) in [4.78, 5) is 26.4. The van der Waals surface area contributed by atoms with Crippen LogP contribution in [0.4, 0.5) is 5.69 Å². The molecule has 2 atom stereocenters. The minimum Gasteiger partial charge on any atom is -0.493 e. The van der Waals surface area contributed by atoms with E-state index in [9.17, 15) is 9.59 Å². The van der Waals surface area contributed by atoms with E-state index in [1.54, 1.807) is 26.2 Å². The summed E-state index contributed by atoms with van der Waals surface area (Å²) in [5, 5.41) is 2.86. The average molecular weight is 335 g/mol. The highest BCUT2D eigenvalue weighted by molar-refractivity contribution is 6.04. The van der Waals surface area contributed by atoms with Crippen LogP contribution in [0.15, 0.2) is 12.1 Å². The third-order valence-corrected chi connectivity index (χ3v) is 4.26.